The maximum Gasteiger partial charge on any atom is 0.339 e. The monoisotopic (exact) mass is 290 g/mol. The fraction of sp³-hybridized carbons (Fsp3) is 0.133. The van der Waals surface area contributed by atoms with Crippen molar-refractivity contribution >= 4 is 15.9 Å². The van der Waals surface area contributed by atoms with Crippen molar-refractivity contribution in [2.75, 3.05) is 0 Å². The Morgan fingerprint density at radius 3 is 2.20 bits per heavy atom. The second-order valence-corrected chi connectivity index (χ2v) is 5.95. The molecule has 0 heterocycles. The van der Waals surface area contributed by atoms with Crippen LogP contribution in [0.2, 0.25) is 0 Å². The molecule has 5 heteroatoms. The summed E-state index contributed by atoms with van der Waals surface area (Å²) >= 11 is 0. The summed E-state index contributed by atoms with van der Waals surface area (Å²) < 4.78 is 29.4. The number of ketones is 1. The molecule has 0 fully saturated rings. The van der Waals surface area contributed by atoms with Crippen LogP contribution in [0.4, 0.5) is 0 Å². The Kier molecular flexibility index (Phi) is 3.90. The number of hydrogen-bond donors (Lipinski definition) is 0. The highest BCUT2D eigenvalue weighted by Gasteiger charge is 2.19. The molecule has 0 radical (unpaired) electrons. The van der Waals surface area contributed by atoms with Crippen LogP contribution in [-0.4, -0.2) is 14.2 Å². The molecule has 4 nitrogen and oxygen atoms in total. The molecule has 0 aliphatic rings. The van der Waals surface area contributed by atoms with Gasteiger partial charge in [-0.3, -0.25) is 4.79 Å². The van der Waals surface area contributed by atoms with E-state index in [4.69, 9.17) is 4.18 Å². The lowest BCUT2D eigenvalue weighted by Gasteiger charge is -2.09. The minimum atomic E-state index is -3.94. The van der Waals surface area contributed by atoms with E-state index in [-0.39, 0.29) is 22.0 Å². The molecule has 20 heavy (non-hydrogen) atoms. The van der Waals surface area contributed by atoms with Gasteiger partial charge in [-0.1, -0.05) is 29.8 Å². The van der Waals surface area contributed by atoms with Gasteiger partial charge in [0.1, 0.15) is 4.90 Å². The second-order valence-electron chi connectivity index (χ2n) is 4.40. The quantitative estimate of drug-likeness (QED) is 0.641. The fourth-order valence-electron chi connectivity index (χ4n) is 1.70. The molecular formula is C15H14O4S. The zero-order chi connectivity index (χ0) is 14.8. The van der Waals surface area contributed by atoms with E-state index in [9.17, 15) is 13.2 Å². The van der Waals surface area contributed by atoms with Crippen LogP contribution in [0, 0.1) is 6.92 Å². The molecular weight excluding hydrogens is 276 g/mol. The highest BCUT2D eigenvalue weighted by molar-refractivity contribution is 7.87. The maximum absolute atomic E-state index is 12.2. The Hall–Kier alpha value is -2.14. The van der Waals surface area contributed by atoms with Crippen molar-refractivity contribution in [2.24, 2.45) is 0 Å². The lowest BCUT2D eigenvalue weighted by Crippen LogP contribution is -2.11. The first-order valence-corrected chi connectivity index (χ1v) is 7.42. The predicted molar refractivity (Wildman–Crippen MR) is 75.4 cm³/mol. The van der Waals surface area contributed by atoms with Crippen LogP contribution in [0.25, 0.3) is 0 Å². The van der Waals surface area contributed by atoms with Crippen LogP contribution in [0.5, 0.6) is 5.75 Å². The zero-order valence-electron chi connectivity index (χ0n) is 11.2. The first-order valence-electron chi connectivity index (χ1n) is 6.01. The molecule has 0 aliphatic heterocycles. The molecule has 0 bridgehead atoms. The average molecular weight is 290 g/mol. The van der Waals surface area contributed by atoms with E-state index in [1.54, 1.807) is 24.3 Å². The predicted octanol–water partition coefficient (Wildman–Crippen LogP) is 2.97. The number of rotatable bonds is 4. The van der Waals surface area contributed by atoms with Crippen LogP contribution < -0.4 is 4.18 Å². The van der Waals surface area contributed by atoms with Crippen LogP contribution in [0.1, 0.15) is 22.8 Å². The topological polar surface area (TPSA) is 60.4 Å². The smallest absolute Gasteiger partial charge is 0.339 e. The summed E-state index contributed by atoms with van der Waals surface area (Å²) in [5.41, 5.74) is 1.19. The lowest BCUT2D eigenvalue weighted by atomic mass is 10.1. The van der Waals surface area contributed by atoms with Crippen molar-refractivity contribution in [2.45, 2.75) is 18.7 Å². The van der Waals surface area contributed by atoms with Gasteiger partial charge >= 0.3 is 10.1 Å². The summed E-state index contributed by atoms with van der Waals surface area (Å²) in [6.07, 6.45) is 0. The summed E-state index contributed by atoms with van der Waals surface area (Å²) in [5, 5.41) is 0. The minimum Gasteiger partial charge on any atom is -0.378 e. The third-order valence-electron chi connectivity index (χ3n) is 2.78. The third-order valence-corrected chi connectivity index (χ3v) is 4.02. The third kappa shape index (κ3) is 3.05. The van der Waals surface area contributed by atoms with Crippen LogP contribution in [0.15, 0.2) is 53.4 Å². The number of para-hydroxylation sites is 1. The summed E-state index contributed by atoms with van der Waals surface area (Å²) in [6.45, 7) is 3.23. The number of carbonyl (C=O) groups excluding carboxylic acids is 1. The molecule has 2 aromatic carbocycles. The Labute approximate surface area is 118 Å². The molecule has 2 aromatic rings. The van der Waals surface area contributed by atoms with Gasteiger partial charge in [0.2, 0.25) is 0 Å². The van der Waals surface area contributed by atoms with Gasteiger partial charge < -0.3 is 4.18 Å². The van der Waals surface area contributed by atoms with Gasteiger partial charge in [0.15, 0.2) is 11.5 Å². The summed E-state index contributed by atoms with van der Waals surface area (Å²) in [5.74, 6) is -0.208. The van der Waals surface area contributed by atoms with Crippen molar-refractivity contribution in [3.63, 3.8) is 0 Å². The van der Waals surface area contributed by atoms with Gasteiger partial charge in [-0.25, -0.2) is 0 Å². The Morgan fingerprint density at radius 1 is 1.00 bits per heavy atom. The second kappa shape index (κ2) is 5.46. The van der Waals surface area contributed by atoms with Crippen molar-refractivity contribution in [3.8, 4) is 5.75 Å². The van der Waals surface area contributed by atoms with Crippen molar-refractivity contribution < 1.29 is 17.4 Å². The maximum atomic E-state index is 12.2. The van der Waals surface area contributed by atoms with E-state index in [1.807, 2.05) is 6.92 Å². The normalized spacial score (nSPS) is 11.1. The summed E-state index contributed by atoms with van der Waals surface area (Å²) in [4.78, 5) is 11.5. The van der Waals surface area contributed by atoms with E-state index < -0.39 is 10.1 Å². The molecule has 2 rings (SSSR count). The molecule has 0 unspecified atom stereocenters. The SMILES string of the molecule is CC(=O)c1ccccc1OS(=O)(=O)c1ccc(C)cc1. The van der Waals surface area contributed by atoms with Gasteiger partial charge in [0, 0.05) is 0 Å². The molecule has 0 aromatic heterocycles. The van der Waals surface area contributed by atoms with E-state index >= 15 is 0 Å². The van der Waals surface area contributed by atoms with Gasteiger partial charge in [-0.15, -0.1) is 0 Å². The standard InChI is InChI=1S/C15H14O4S/c1-11-7-9-13(10-8-11)20(17,18)19-15-6-4-3-5-14(15)12(2)16/h3-10H,1-2H3. The Bertz CT molecular complexity index is 731. The van der Waals surface area contributed by atoms with E-state index in [0.717, 1.165) is 5.56 Å². The summed E-state index contributed by atoms with van der Waals surface area (Å²) in [6, 6.07) is 12.6. The number of benzene rings is 2. The molecule has 0 amide bonds. The van der Waals surface area contributed by atoms with Crippen LogP contribution in [-0.2, 0) is 10.1 Å². The fourth-order valence-corrected chi connectivity index (χ4v) is 2.65. The molecule has 0 saturated heterocycles. The molecule has 104 valence electrons. The highest BCUT2D eigenvalue weighted by Crippen LogP contribution is 2.23. The van der Waals surface area contributed by atoms with Crippen LogP contribution in [0.3, 0.4) is 0 Å². The first-order chi connectivity index (χ1) is 9.40. The number of aryl methyl sites for hydroxylation is 1. The van der Waals surface area contributed by atoms with Crippen molar-refractivity contribution in [1.29, 1.82) is 0 Å². The molecule has 0 saturated carbocycles. The molecule has 0 spiro atoms. The van der Waals surface area contributed by atoms with Gasteiger partial charge in [0.05, 0.1) is 5.56 Å². The number of Topliss-reactive ketones (excluding diaryl/α,β-unsaturated/α-hetero) is 1. The van der Waals surface area contributed by atoms with Gasteiger partial charge in [-0.05, 0) is 38.1 Å². The summed E-state index contributed by atoms with van der Waals surface area (Å²) in [7, 11) is -3.94. The zero-order valence-corrected chi connectivity index (χ0v) is 12.0. The van der Waals surface area contributed by atoms with E-state index in [1.165, 1.54) is 31.2 Å². The number of hydrogen-bond acceptors (Lipinski definition) is 4. The minimum absolute atomic E-state index is 0.0422. The molecule has 0 N–H and O–H groups in total. The number of carbonyl (C=O) groups is 1. The highest BCUT2D eigenvalue weighted by atomic mass is 32.2. The van der Waals surface area contributed by atoms with E-state index in [0.29, 0.717) is 0 Å². The Balaban J connectivity index is 2.38. The Morgan fingerprint density at radius 2 is 1.60 bits per heavy atom. The molecule has 0 atom stereocenters. The first kappa shape index (κ1) is 14.3. The lowest BCUT2D eigenvalue weighted by molar-refractivity contribution is 0.101. The van der Waals surface area contributed by atoms with Crippen molar-refractivity contribution in [1.82, 2.24) is 0 Å². The largest absolute Gasteiger partial charge is 0.378 e. The van der Waals surface area contributed by atoms with Gasteiger partial charge in [-0.2, -0.15) is 8.42 Å². The van der Waals surface area contributed by atoms with Gasteiger partial charge in [0.25, 0.3) is 0 Å². The average Bonchev–Trinajstić information content (AvgIpc) is 2.39. The van der Waals surface area contributed by atoms with Crippen LogP contribution >= 0.6 is 0 Å². The molecule has 0 aliphatic carbocycles. The van der Waals surface area contributed by atoms with E-state index in [2.05, 4.69) is 0 Å². The van der Waals surface area contributed by atoms with Crippen molar-refractivity contribution in [3.05, 3.63) is 59.7 Å².